The van der Waals surface area contributed by atoms with Gasteiger partial charge in [0.1, 0.15) is 5.82 Å². The van der Waals surface area contributed by atoms with Crippen LogP contribution in [0.15, 0.2) is 22.8 Å². The van der Waals surface area contributed by atoms with E-state index in [0.29, 0.717) is 11.3 Å². The van der Waals surface area contributed by atoms with Crippen molar-refractivity contribution in [1.82, 2.24) is 9.38 Å². The third kappa shape index (κ3) is 2.70. The zero-order chi connectivity index (χ0) is 15.2. The summed E-state index contributed by atoms with van der Waals surface area (Å²) in [6, 6.07) is 4.01. The Morgan fingerprint density at radius 3 is 2.48 bits per heavy atom. The number of anilines is 1. The molecule has 2 aromatic heterocycles. The van der Waals surface area contributed by atoms with Crippen molar-refractivity contribution in [3.05, 3.63) is 28.5 Å². The molecule has 2 N–H and O–H groups in total. The molecule has 0 radical (unpaired) electrons. The van der Waals surface area contributed by atoms with E-state index in [1.165, 1.54) is 25.7 Å². The molecular formula is C17H24BrN3. The minimum Gasteiger partial charge on any atom is -0.383 e. The van der Waals surface area contributed by atoms with Gasteiger partial charge in [-0.2, -0.15) is 0 Å². The first kappa shape index (κ1) is 14.9. The normalized spacial score (nSPS) is 23.6. The van der Waals surface area contributed by atoms with Gasteiger partial charge < -0.3 is 5.73 Å². The van der Waals surface area contributed by atoms with Gasteiger partial charge in [0.2, 0.25) is 0 Å². The molecule has 0 saturated heterocycles. The van der Waals surface area contributed by atoms with Gasteiger partial charge in [0.25, 0.3) is 0 Å². The molecule has 0 unspecified atom stereocenters. The lowest BCUT2D eigenvalue weighted by Gasteiger charge is -2.36. The van der Waals surface area contributed by atoms with Crippen molar-refractivity contribution >= 4 is 27.4 Å². The highest BCUT2D eigenvalue weighted by atomic mass is 79.9. The molecule has 114 valence electrons. The molecule has 0 aliphatic heterocycles. The van der Waals surface area contributed by atoms with E-state index >= 15 is 0 Å². The number of nitrogens with zero attached hydrogens (tertiary/aromatic N) is 2. The summed E-state index contributed by atoms with van der Waals surface area (Å²) in [6.45, 7) is 7.07. The van der Waals surface area contributed by atoms with Crippen LogP contribution in [0.4, 0.5) is 5.82 Å². The molecule has 21 heavy (non-hydrogen) atoms. The smallest absolute Gasteiger partial charge is 0.153 e. The average molecular weight is 350 g/mol. The van der Waals surface area contributed by atoms with Gasteiger partial charge in [-0.15, -0.1) is 0 Å². The topological polar surface area (TPSA) is 43.3 Å². The van der Waals surface area contributed by atoms with E-state index < -0.39 is 0 Å². The standard InChI is InChI=1S/C17H24BrN3/c1-17(2,3)12-8-6-11(7-9-12)14-15(19)21-10-4-5-13(18)16(21)20-14/h4-5,10-12H,6-9,19H2,1-3H3. The van der Waals surface area contributed by atoms with Crippen LogP contribution in [0, 0.1) is 11.3 Å². The molecule has 0 amide bonds. The minimum absolute atomic E-state index is 0.415. The van der Waals surface area contributed by atoms with Crippen LogP contribution in [0.25, 0.3) is 5.65 Å². The third-order valence-corrected chi connectivity index (χ3v) is 5.63. The second kappa shape index (κ2) is 5.31. The molecule has 1 saturated carbocycles. The molecular weight excluding hydrogens is 326 g/mol. The maximum absolute atomic E-state index is 6.34. The number of hydrogen-bond acceptors (Lipinski definition) is 2. The summed E-state index contributed by atoms with van der Waals surface area (Å²) in [5, 5.41) is 0. The second-order valence-corrected chi connectivity index (χ2v) is 8.20. The lowest BCUT2D eigenvalue weighted by Crippen LogP contribution is -2.25. The molecule has 0 atom stereocenters. The molecule has 1 aliphatic rings. The van der Waals surface area contributed by atoms with Crippen LogP contribution >= 0.6 is 15.9 Å². The van der Waals surface area contributed by atoms with Crippen molar-refractivity contribution in [3.63, 3.8) is 0 Å². The fraction of sp³-hybridized carbons (Fsp3) is 0.588. The van der Waals surface area contributed by atoms with Crippen molar-refractivity contribution in [2.45, 2.75) is 52.4 Å². The lowest BCUT2D eigenvalue weighted by atomic mass is 9.69. The van der Waals surface area contributed by atoms with Gasteiger partial charge in [0.05, 0.1) is 10.2 Å². The fourth-order valence-corrected chi connectivity index (χ4v) is 4.04. The molecule has 0 spiro atoms. The Morgan fingerprint density at radius 1 is 1.24 bits per heavy atom. The van der Waals surface area contributed by atoms with E-state index in [1.807, 2.05) is 22.7 Å². The molecule has 0 bridgehead atoms. The largest absolute Gasteiger partial charge is 0.383 e. The summed E-state index contributed by atoms with van der Waals surface area (Å²) in [5.74, 6) is 2.14. The van der Waals surface area contributed by atoms with E-state index in [4.69, 9.17) is 10.7 Å². The van der Waals surface area contributed by atoms with E-state index in [-0.39, 0.29) is 0 Å². The Hall–Kier alpha value is -1.03. The molecule has 2 aromatic rings. The van der Waals surface area contributed by atoms with Crippen LogP contribution in [0.5, 0.6) is 0 Å². The Balaban J connectivity index is 1.86. The Labute approximate surface area is 135 Å². The van der Waals surface area contributed by atoms with Gasteiger partial charge in [-0.1, -0.05) is 20.8 Å². The number of nitrogens with two attached hydrogens (primary N) is 1. The molecule has 3 nitrogen and oxygen atoms in total. The molecule has 1 aliphatic carbocycles. The zero-order valence-electron chi connectivity index (χ0n) is 13.1. The van der Waals surface area contributed by atoms with Gasteiger partial charge in [-0.25, -0.2) is 4.98 Å². The SMILES string of the molecule is CC(C)(C)C1CCC(c2nc3c(Br)cccn3c2N)CC1. The Bertz CT molecular complexity index is 646. The van der Waals surface area contributed by atoms with Crippen LogP contribution in [0.1, 0.15) is 58.1 Å². The molecule has 4 heteroatoms. The van der Waals surface area contributed by atoms with E-state index in [0.717, 1.165) is 27.5 Å². The highest BCUT2D eigenvalue weighted by Gasteiger charge is 2.32. The summed E-state index contributed by atoms with van der Waals surface area (Å²) in [6.07, 6.45) is 6.96. The van der Waals surface area contributed by atoms with Crippen molar-refractivity contribution in [1.29, 1.82) is 0 Å². The van der Waals surface area contributed by atoms with Crippen molar-refractivity contribution in [3.8, 4) is 0 Å². The number of nitrogen functional groups attached to an aromatic ring is 1. The summed E-state index contributed by atoms with van der Waals surface area (Å²) in [5.41, 5.74) is 8.78. The van der Waals surface area contributed by atoms with Crippen LogP contribution in [0.2, 0.25) is 0 Å². The van der Waals surface area contributed by atoms with E-state index in [1.54, 1.807) is 0 Å². The number of fused-ring (bicyclic) bond motifs is 1. The Morgan fingerprint density at radius 2 is 1.90 bits per heavy atom. The quantitative estimate of drug-likeness (QED) is 0.787. The third-order valence-electron chi connectivity index (χ3n) is 5.01. The number of rotatable bonds is 1. The highest BCUT2D eigenvalue weighted by Crippen LogP contribution is 2.44. The first-order valence-corrected chi connectivity index (χ1v) is 8.59. The highest BCUT2D eigenvalue weighted by molar-refractivity contribution is 9.10. The number of pyridine rings is 1. The average Bonchev–Trinajstić information content (AvgIpc) is 2.77. The second-order valence-electron chi connectivity index (χ2n) is 7.35. The summed E-state index contributed by atoms with van der Waals surface area (Å²) in [4.78, 5) is 4.81. The van der Waals surface area contributed by atoms with Crippen molar-refractivity contribution in [2.24, 2.45) is 11.3 Å². The minimum atomic E-state index is 0.415. The monoisotopic (exact) mass is 349 g/mol. The van der Waals surface area contributed by atoms with E-state index in [2.05, 4.69) is 36.7 Å². The number of halogens is 1. The number of aromatic nitrogens is 2. The predicted molar refractivity (Wildman–Crippen MR) is 91.5 cm³/mol. The fourth-order valence-electron chi connectivity index (χ4n) is 3.60. The predicted octanol–water partition coefficient (Wildman–Crippen LogP) is 5.00. The van der Waals surface area contributed by atoms with Crippen molar-refractivity contribution in [2.75, 3.05) is 5.73 Å². The first-order valence-electron chi connectivity index (χ1n) is 7.80. The van der Waals surface area contributed by atoms with Gasteiger partial charge in [-0.05, 0) is 65.1 Å². The zero-order valence-corrected chi connectivity index (χ0v) is 14.7. The first-order chi connectivity index (χ1) is 9.88. The Kier molecular flexibility index (Phi) is 3.76. The molecule has 1 fully saturated rings. The summed E-state index contributed by atoms with van der Waals surface area (Å²) < 4.78 is 3.00. The van der Waals surface area contributed by atoms with Crippen LogP contribution in [-0.2, 0) is 0 Å². The van der Waals surface area contributed by atoms with Crippen LogP contribution < -0.4 is 5.73 Å². The number of hydrogen-bond donors (Lipinski definition) is 1. The summed E-state index contributed by atoms with van der Waals surface area (Å²) >= 11 is 3.57. The van der Waals surface area contributed by atoms with Gasteiger partial charge >= 0.3 is 0 Å². The van der Waals surface area contributed by atoms with Crippen molar-refractivity contribution < 1.29 is 0 Å². The van der Waals surface area contributed by atoms with E-state index in [9.17, 15) is 0 Å². The molecule has 2 heterocycles. The maximum Gasteiger partial charge on any atom is 0.153 e. The number of imidazole rings is 1. The lowest BCUT2D eigenvalue weighted by molar-refractivity contribution is 0.168. The van der Waals surface area contributed by atoms with Gasteiger partial charge in [-0.3, -0.25) is 4.40 Å². The molecule has 3 rings (SSSR count). The van der Waals surface area contributed by atoms with Crippen LogP contribution in [-0.4, -0.2) is 9.38 Å². The maximum atomic E-state index is 6.34. The van der Waals surface area contributed by atoms with Crippen LogP contribution in [0.3, 0.4) is 0 Å². The van der Waals surface area contributed by atoms with Gasteiger partial charge in [0.15, 0.2) is 5.65 Å². The molecule has 0 aromatic carbocycles. The van der Waals surface area contributed by atoms with Gasteiger partial charge in [0, 0.05) is 12.1 Å². The summed E-state index contributed by atoms with van der Waals surface area (Å²) in [7, 11) is 0.